The van der Waals surface area contributed by atoms with Crippen molar-refractivity contribution in [2.75, 3.05) is 0 Å². The van der Waals surface area contributed by atoms with E-state index in [-0.39, 0.29) is 0 Å². The summed E-state index contributed by atoms with van der Waals surface area (Å²) in [5.74, 6) is -0.959. The zero-order chi connectivity index (χ0) is 12.0. The molecule has 1 fully saturated rings. The number of fused-ring (bicyclic) bond motifs is 2. The number of aliphatic hydroxyl groups is 1. The van der Waals surface area contributed by atoms with Gasteiger partial charge in [-0.25, -0.2) is 0 Å². The van der Waals surface area contributed by atoms with Gasteiger partial charge in [-0.15, -0.1) is 0 Å². The Labute approximate surface area is 95.1 Å². The fourth-order valence-electron chi connectivity index (χ4n) is 3.41. The molecule has 2 rings (SSSR count). The van der Waals surface area contributed by atoms with E-state index in [1.54, 1.807) is 6.92 Å². The van der Waals surface area contributed by atoms with Gasteiger partial charge < -0.3 is 15.9 Å². The maximum atomic E-state index is 11.1. The SMILES string of the molecule is CC1(O)C=C2CCCC([C@H](N)C(=O)O)(C2)C1. The van der Waals surface area contributed by atoms with E-state index in [4.69, 9.17) is 10.8 Å². The number of carboxylic acid groups (broad SMARTS) is 1. The maximum absolute atomic E-state index is 11.1. The molecule has 0 amide bonds. The summed E-state index contributed by atoms with van der Waals surface area (Å²) < 4.78 is 0. The molecule has 0 saturated heterocycles. The van der Waals surface area contributed by atoms with Crippen molar-refractivity contribution in [1.82, 2.24) is 0 Å². The standard InChI is InChI=1S/C12H19NO3/c1-11(16)5-8-3-2-4-12(6-8,7-11)9(13)10(14)15/h5,9,16H,2-4,6-7,13H2,1H3,(H,14,15)/t9-,11?,12?/m1/s1. The molecule has 3 atom stereocenters. The van der Waals surface area contributed by atoms with Crippen LogP contribution in [0.4, 0.5) is 0 Å². The number of hydrogen-bond acceptors (Lipinski definition) is 3. The van der Waals surface area contributed by atoms with Crippen LogP contribution >= 0.6 is 0 Å². The lowest BCUT2D eigenvalue weighted by Crippen LogP contribution is -2.53. The molecular weight excluding hydrogens is 206 g/mol. The van der Waals surface area contributed by atoms with Gasteiger partial charge in [-0.1, -0.05) is 11.6 Å². The number of nitrogens with two attached hydrogens (primary N) is 1. The predicted molar refractivity (Wildman–Crippen MR) is 59.8 cm³/mol. The number of rotatable bonds is 2. The summed E-state index contributed by atoms with van der Waals surface area (Å²) in [6.07, 6.45) is 5.81. The number of allylic oxidation sites excluding steroid dienone is 1. The van der Waals surface area contributed by atoms with Gasteiger partial charge in [0.2, 0.25) is 0 Å². The van der Waals surface area contributed by atoms with Crippen molar-refractivity contribution >= 4 is 5.97 Å². The molecule has 1 saturated carbocycles. The van der Waals surface area contributed by atoms with Gasteiger partial charge in [0.05, 0.1) is 5.60 Å². The average Bonchev–Trinajstić information content (AvgIpc) is 2.13. The van der Waals surface area contributed by atoms with E-state index in [2.05, 4.69) is 0 Å². The molecule has 90 valence electrons. The van der Waals surface area contributed by atoms with Gasteiger partial charge in [-0.2, -0.15) is 0 Å². The van der Waals surface area contributed by atoms with E-state index >= 15 is 0 Å². The van der Waals surface area contributed by atoms with Gasteiger partial charge in [0, 0.05) is 5.41 Å². The van der Waals surface area contributed by atoms with Crippen LogP contribution in [-0.4, -0.2) is 27.8 Å². The minimum Gasteiger partial charge on any atom is -0.480 e. The second kappa shape index (κ2) is 3.57. The lowest BCUT2D eigenvalue weighted by atomic mass is 9.59. The summed E-state index contributed by atoms with van der Waals surface area (Å²) in [5.41, 5.74) is 5.63. The molecule has 2 bridgehead atoms. The number of aliphatic carboxylic acids is 1. The topological polar surface area (TPSA) is 83.5 Å². The van der Waals surface area contributed by atoms with Gasteiger partial charge in [0.25, 0.3) is 0 Å². The van der Waals surface area contributed by atoms with Crippen molar-refractivity contribution in [3.8, 4) is 0 Å². The summed E-state index contributed by atoms with van der Waals surface area (Å²) >= 11 is 0. The third-order valence-electron chi connectivity index (χ3n) is 3.90. The van der Waals surface area contributed by atoms with Crippen molar-refractivity contribution in [1.29, 1.82) is 0 Å². The van der Waals surface area contributed by atoms with Crippen molar-refractivity contribution < 1.29 is 15.0 Å². The summed E-state index contributed by atoms with van der Waals surface area (Å²) in [4.78, 5) is 11.1. The molecule has 4 N–H and O–H groups in total. The van der Waals surface area contributed by atoms with Gasteiger partial charge in [-0.05, 0) is 39.0 Å². The average molecular weight is 225 g/mol. The molecule has 2 aliphatic rings. The lowest BCUT2D eigenvalue weighted by Gasteiger charge is -2.48. The first-order valence-corrected chi connectivity index (χ1v) is 5.76. The van der Waals surface area contributed by atoms with Crippen molar-refractivity contribution in [2.45, 2.75) is 50.7 Å². The first kappa shape index (κ1) is 11.6. The molecule has 4 nitrogen and oxygen atoms in total. The molecule has 0 spiro atoms. The highest BCUT2D eigenvalue weighted by Crippen LogP contribution is 2.50. The van der Waals surface area contributed by atoms with Gasteiger partial charge >= 0.3 is 5.97 Å². The van der Waals surface area contributed by atoms with E-state index in [0.29, 0.717) is 6.42 Å². The van der Waals surface area contributed by atoms with Crippen molar-refractivity contribution in [2.24, 2.45) is 11.1 Å². The number of carbonyl (C=O) groups is 1. The van der Waals surface area contributed by atoms with Crippen LogP contribution in [0, 0.1) is 5.41 Å². The molecule has 0 heterocycles. The monoisotopic (exact) mass is 225 g/mol. The quantitative estimate of drug-likeness (QED) is 0.613. The normalized spacial score (nSPS) is 40.1. The van der Waals surface area contributed by atoms with Gasteiger partial charge in [0.1, 0.15) is 6.04 Å². The van der Waals surface area contributed by atoms with Crippen LogP contribution in [0.5, 0.6) is 0 Å². The van der Waals surface area contributed by atoms with Crippen LogP contribution < -0.4 is 5.73 Å². The zero-order valence-corrected chi connectivity index (χ0v) is 9.57. The highest BCUT2D eigenvalue weighted by molar-refractivity contribution is 5.74. The van der Waals surface area contributed by atoms with E-state index in [1.807, 2.05) is 6.08 Å². The molecule has 2 aliphatic carbocycles. The van der Waals surface area contributed by atoms with Crippen LogP contribution in [0.2, 0.25) is 0 Å². The minimum absolute atomic E-state index is 0.447. The van der Waals surface area contributed by atoms with Crippen LogP contribution in [0.3, 0.4) is 0 Å². The molecule has 0 aromatic carbocycles. The number of hydrogen-bond donors (Lipinski definition) is 3. The first-order valence-electron chi connectivity index (χ1n) is 5.76. The molecule has 0 radical (unpaired) electrons. The van der Waals surface area contributed by atoms with E-state index in [0.717, 1.165) is 25.7 Å². The first-order chi connectivity index (χ1) is 7.35. The molecule has 0 aliphatic heterocycles. The Morgan fingerprint density at radius 1 is 1.62 bits per heavy atom. The Bertz CT molecular complexity index is 348. The predicted octanol–water partition coefficient (Wildman–Crippen LogP) is 1.04. The summed E-state index contributed by atoms with van der Waals surface area (Å²) in [7, 11) is 0. The van der Waals surface area contributed by atoms with E-state index in [9.17, 15) is 9.90 Å². The van der Waals surface area contributed by atoms with Gasteiger partial charge in [0.15, 0.2) is 0 Å². The summed E-state index contributed by atoms with van der Waals surface area (Å²) in [6, 6.07) is -0.872. The highest BCUT2D eigenvalue weighted by Gasteiger charge is 2.49. The molecule has 2 unspecified atom stereocenters. The Hall–Kier alpha value is -0.870. The molecule has 4 heteroatoms. The summed E-state index contributed by atoms with van der Waals surface area (Å²) in [6.45, 7) is 1.74. The van der Waals surface area contributed by atoms with Crippen LogP contribution in [0.25, 0.3) is 0 Å². The molecule has 16 heavy (non-hydrogen) atoms. The van der Waals surface area contributed by atoms with Crippen molar-refractivity contribution in [3.63, 3.8) is 0 Å². The smallest absolute Gasteiger partial charge is 0.321 e. The lowest BCUT2D eigenvalue weighted by molar-refractivity contribution is -0.143. The number of carboxylic acids is 1. The van der Waals surface area contributed by atoms with Gasteiger partial charge in [-0.3, -0.25) is 4.79 Å². The Morgan fingerprint density at radius 2 is 2.31 bits per heavy atom. The van der Waals surface area contributed by atoms with Crippen molar-refractivity contribution in [3.05, 3.63) is 11.6 Å². The largest absolute Gasteiger partial charge is 0.480 e. The Morgan fingerprint density at radius 3 is 2.94 bits per heavy atom. The van der Waals surface area contributed by atoms with E-state index < -0.39 is 23.0 Å². The third kappa shape index (κ3) is 1.87. The minimum atomic E-state index is -0.959. The molecule has 0 aromatic heterocycles. The summed E-state index contributed by atoms with van der Waals surface area (Å²) in [5, 5.41) is 19.2. The second-order valence-corrected chi connectivity index (χ2v) is 5.55. The van der Waals surface area contributed by atoms with E-state index in [1.165, 1.54) is 5.57 Å². The highest BCUT2D eigenvalue weighted by atomic mass is 16.4. The van der Waals surface area contributed by atoms with Crippen LogP contribution in [0.1, 0.15) is 39.0 Å². The second-order valence-electron chi connectivity index (χ2n) is 5.55. The zero-order valence-electron chi connectivity index (χ0n) is 9.57. The molecule has 0 aromatic rings. The van der Waals surface area contributed by atoms with Crippen LogP contribution in [0.15, 0.2) is 11.6 Å². The fraction of sp³-hybridized carbons (Fsp3) is 0.750. The Kier molecular flexibility index (Phi) is 2.59. The molecular formula is C12H19NO3. The fourth-order valence-corrected chi connectivity index (χ4v) is 3.41. The Balaban J connectivity index is 2.34. The third-order valence-corrected chi connectivity index (χ3v) is 3.90. The van der Waals surface area contributed by atoms with Crippen LogP contribution in [-0.2, 0) is 4.79 Å². The maximum Gasteiger partial charge on any atom is 0.321 e.